The van der Waals surface area contributed by atoms with E-state index in [2.05, 4.69) is 10.0 Å². The number of anilines is 2. The van der Waals surface area contributed by atoms with Gasteiger partial charge in [0.2, 0.25) is 0 Å². The molecule has 1 amide bonds. The summed E-state index contributed by atoms with van der Waals surface area (Å²) in [5.41, 5.74) is 0.876. The number of carbonyl (C=O) groups is 1. The van der Waals surface area contributed by atoms with Crippen LogP contribution in [0, 0.1) is 17.0 Å². The van der Waals surface area contributed by atoms with Gasteiger partial charge >= 0.3 is 0 Å². The molecule has 0 saturated carbocycles. The number of rotatable bonds is 8. The van der Waals surface area contributed by atoms with Crippen LogP contribution in [0.2, 0.25) is 5.02 Å². The van der Waals surface area contributed by atoms with Gasteiger partial charge in [0.25, 0.3) is 21.6 Å². The molecule has 0 saturated heterocycles. The largest absolute Gasteiger partial charge is 0.482 e. The van der Waals surface area contributed by atoms with Gasteiger partial charge < -0.3 is 10.1 Å². The summed E-state index contributed by atoms with van der Waals surface area (Å²) in [6.07, 6.45) is 0. The second-order valence-corrected chi connectivity index (χ2v) is 8.70. The van der Waals surface area contributed by atoms with E-state index in [1.807, 2.05) is 0 Å². The molecule has 32 heavy (non-hydrogen) atoms. The molecule has 3 aromatic carbocycles. The molecule has 11 heteroatoms. The molecule has 0 atom stereocenters. The number of benzene rings is 3. The molecule has 166 valence electrons. The minimum atomic E-state index is -3.86. The minimum absolute atomic E-state index is 0.000246. The number of carbonyl (C=O) groups excluding carboxylic acids is 1. The Morgan fingerprint density at radius 1 is 1.09 bits per heavy atom. The number of nitro groups is 1. The molecule has 3 aromatic rings. The molecule has 0 heterocycles. The number of sulfonamides is 1. The van der Waals surface area contributed by atoms with Crippen LogP contribution in [0.3, 0.4) is 0 Å². The third-order valence-electron chi connectivity index (χ3n) is 4.37. The summed E-state index contributed by atoms with van der Waals surface area (Å²) in [7, 11) is -3.86. The van der Waals surface area contributed by atoms with Crippen molar-refractivity contribution >= 4 is 44.6 Å². The lowest BCUT2D eigenvalue weighted by molar-refractivity contribution is -0.385. The van der Waals surface area contributed by atoms with E-state index in [9.17, 15) is 23.3 Å². The monoisotopic (exact) mass is 475 g/mol. The highest BCUT2D eigenvalue weighted by atomic mass is 35.5. The lowest BCUT2D eigenvalue weighted by Crippen LogP contribution is -2.21. The fourth-order valence-corrected chi connectivity index (χ4v) is 4.16. The lowest BCUT2D eigenvalue weighted by atomic mass is 10.1. The topological polar surface area (TPSA) is 128 Å². The van der Waals surface area contributed by atoms with E-state index in [0.29, 0.717) is 11.3 Å². The Morgan fingerprint density at radius 3 is 2.47 bits per heavy atom. The van der Waals surface area contributed by atoms with Crippen LogP contribution in [0.25, 0.3) is 0 Å². The number of halogens is 1. The maximum atomic E-state index is 12.5. The molecule has 3 rings (SSSR count). The Balaban J connectivity index is 1.66. The average Bonchev–Trinajstić information content (AvgIpc) is 2.74. The minimum Gasteiger partial charge on any atom is -0.482 e. The number of hydrogen-bond acceptors (Lipinski definition) is 6. The first-order valence-corrected chi connectivity index (χ1v) is 11.1. The van der Waals surface area contributed by atoms with Gasteiger partial charge in [-0.1, -0.05) is 35.9 Å². The molecule has 9 nitrogen and oxygen atoms in total. The average molecular weight is 476 g/mol. The van der Waals surface area contributed by atoms with Crippen LogP contribution in [0.15, 0.2) is 71.6 Å². The predicted molar refractivity (Wildman–Crippen MR) is 121 cm³/mol. The highest BCUT2D eigenvalue weighted by Crippen LogP contribution is 2.29. The second-order valence-electron chi connectivity index (χ2n) is 6.61. The van der Waals surface area contributed by atoms with Gasteiger partial charge in [-0.25, -0.2) is 8.42 Å². The fraction of sp³-hybridized carbons (Fsp3) is 0.0952. The van der Waals surface area contributed by atoms with Gasteiger partial charge in [0, 0.05) is 11.8 Å². The summed E-state index contributed by atoms with van der Waals surface area (Å²) >= 11 is 6.14. The number of ether oxygens (including phenoxy) is 1. The van der Waals surface area contributed by atoms with E-state index >= 15 is 0 Å². The van der Waals surface area contributed by atoms with Crippen LogP contribution >= 0.6 is 11.6 Å². The Labute approximate surface area is 189 Å². The van der Waals surface area contributed by atoms with Gasteiger partial charge in [-0.3, -0.25) is 19.6 Å². The summed E-state index contributed by atoms with van der Waals surface area (Å²) in [6.45, 7) is 1.09. The zero-order valence-corrected chi connectivity index (χ0v) is 18.3. The summed E-state index contributed by atoms with van der Waals surface area (Å²) in [5.74, 6) is -0.455. The third kappa shape index (κ3) is 5.54. The third-order valence-corrected chi connectivity index (χ3v) is 6.05. The number of hydrogen-bond donors (Lipinski definition) is 2. The van der Waals surface area contributed by atoms with E-state index in [1.54, 1.807) is 30.3 Å². The van der Waals surface area contributed by atoms with Crippen LogP contribution in [-0.4, -0.2) is 25.9 Å². The van der Waals surface area contributed by atoms with Crippen molar-refractivity contribution in [2.45, 2.75) is 11.8 Å². The van der Waals surface area contributed by atoms with Crippen molar-refractivity contribution in [3.05, 3.63) is 87.4 Å². The van der Waals surface area contributed by atoms with Crippen LogP contribution in [0.1, 0.15) is 5.56 Å². The summed E-state index contributed by atoms with van der Waals surface area (Å²) in [6, 6.07) is 16.6. The van der Waals surface area contributed by atoms with Crippen LogP contribution in [0.5, 0.6) is 5.75 Å². The SMILES string of the molecule is Cc1c(NC(=O)COc2ccc(S(=O)(=O)Nc3ccccc3)cc2Cl)cccc1[N+](=O)[O-]. The number of amides is 1. The normalized spacial score (nSPS) is 10.9. The van der Waals surface area contributed by atoms with Crippen molar-refractivity contribution in [1.29, 1.82) is 0 Å². The van der Waals surface area contributed by atoms with Gasteiger partial charge in [0.05, 0.1) is 26.1 Å². The Hall–Kier alpha value is -3.63. The first kappa shape index (κ1) is 23.0. The van der Waals surface area contributed by atoms with E-state index < -0.39 is 27.5 Å². The van der Waals surface area contributed by atoms with Crippen molar-refractivity contribution in [2.75, 3.05) is 16.6 Å². The number of nitro benzene ring substituents is 1. The molecule has 0 spiro atoms. The summed E-state index contributed by atoms with van der Waals surface area (Å²) in [4.78, 5) is 22.6. The summed E-state index contributed by atoms with van der Waals surface area (Å²) < 4.78 is 32.9. The number of nitrogens with one attached hydrogen (secondary N) is 2. The van der Waals surface area contributed by atoms with Crippen molar-refractivity contribution < 1.29 is 22.9 Å². The fourth-order valence-electron chi connectivity index (χ4n) is 2.77. The molecule has 0 radical (unpaired) electrons. The molecule has 0 aromatic heterocycles. The Morgan fingerprint density at radius 2 is 1.81 bits per heavy atom. The molecule has 0 unspecified atom stereocenters. The highest BCUT2D eigenvalue weighted by Gasteiger charge is 2.18. The maximum Gasteiger partial charge on any atom is 0.274 e. The Kier molecular flexibility index (Phi) is 6.96. The van der Waals surface area contributed by atoms with Crippen molar-refractivity contribution in [3.8, 4) is 5.75 Å². The van der Waals surface area contributed by atoms with E-state index in [0.717, 1.165) is 0 Å². The number of para-hydroxylation sites is 1. The second kappa shape index (κ2) is 9.67. The molecule has 0 fully saturated rings. The molecule has 0 aliphatic rings. The molecule has 2 N–H and O–H groups in total. The van der Waals surface area contributed by atoms with Gasteiger partial charge in [0.1, 0.15) is 5.75 Å². The standard InChI is InChI=1S/C21H18ClN3O6S/c1-14-18(8-5-9-19(14)25(27)28)23-21(26)13-31-20-11-10-16(12-17(20)22)32(29,30)24-15-6-3-2-4-7-15/h2-12,24H,13H2,1H3,(H,23,26). The zero-order chi connectivity index (χ0) is 23.3. The zero-order valence-electron chi connectivity index (χ0n) is 16.7. The van der Waals surface area contributed by atoms with Crippen LogP contribution < -0.4 is 14.8 Å². The predicted octanol–water partition coefficient (Wildman–Crippen LogP) is 4.37. The van der Waals surface area contributed by atoms with Crippen LogP contribution in [0.4, 0.5) is 17.1 Å². The highest BCUT2D eigenvalue weighted by molar-refractivity contribution is 7.92. The van der Waals surface area contributed by atoms with E-state index in [-0.39, 0.29) is 27.0 Å². The molecule has 0 aliphatic carbocycles. The van der Waals surface area contributed by atoms with Gasteiger partial charge in [-0.2, -0.15) is 0 Å². The number of nitrogens with zero attached hydrogens (tertiary/aromatic N) is 1. The molecule has 0 aliphatic heterocycles. The molecular weight excluding hydrogens is 458 g/mol. The van der Waals surface area contributed by atoms with E-state index in [1.165, 1.54) is 43.3 Å². The Bertz CT molecular complexity index is 1270. The first-order chi connectivity index (χ1) is 15.2. The van der Waals surface area contributed by atoms with Crippen molar-refractivity contribution in [1.82, 2.24) is 0 Å². The van der Waals surface area contributed by atoms with Gasteiger partial charge in [-0.15, -0.1) is 0 Å². The maximum absolute atomic E-state index is 12.5. The molecule has 0 bridgehead atoms. The smallest absolute Gasteiger partial charge is 0.274 e. The lowest BCUT2D eigenvalue weighted by Gasteiger charge is -2.12. The van der Waals surface area contributed by atoms with Gasteiger partial charge in [0.15, 0.2) is 6.61 Å². The van der Waals surface area contributed by atoms with Gasteiger partial charge in [-0.05, 0) is 43.3 Å². The molecular formula is C21H18ClN3O6S. The van der Waals surface area contributed by atoms with Crippen molar-refractivity contribution in [3.63, 3.8) is 0 Å². The summed E-state index contributed by atoms with van der Waals surface area (Å²) in [5, 5.41) is 13.6. The van der Waals surface area contributed by atoms with E-state index in [4.69, 9.17) is 16.3 Å². The van der Waals surface area contributed by atoms with Crippen molar-refractivity contribution in [2.24, 2.45) is 0 Å². The van der Waals surface area contributed by atoms with Crippen LogP contribution in [-0.2, 0) is 14.8 Å². The first-order valence-electron chi connectivity index (χ1n) is 9.21. The quantitative estimate of drug-likeness (QED) is 0.367.